The number of carboxylic acids is 2. The van der Waals surface area contributed by atoms with Gasteiger partial charge in [-0.1, -0.05) is 0 Å². The molecule has 0 saturated heterocycles. The van der Waals surface area contributed by atoms with Crippen LogP contribution in [-0.2, 0) is 14.2 Å². The number of aliphatic hydroxyl groups is 2. The van der Waals surface area contributed by atoms with E-state index < -0.39 is 32.0 Å². The van der Waals surface area contributed by atoms with E-state index in [2.05, 4.69) is 0 Å². The van der Waals surface area contributed by atoms with Crippen LogP contribution >= 0.6 is 7.82 Å². The van der Waals surface area contributed by atoms with Crippen LogP contribution in [0.5, 0.6) is 0 Å². The second-order valence-corrected chi connectivity index (χ2v) is 3.11. The summed E-state index contributed by atoms with van der Waals surface area (Å²) in [6, 6.07) is 0. The van der Waals surface area contributed by atoms with Gasteiger partial charge in [-0.15, -0.1) is 0 Å². The van der Waals surface area contributed by atoms with Crippen molar-refractivity contribution >= 4 is 19.8 Å². The zero-order valence-corrected chi connectivity index (χ0v) is 7.85. The minimum Gasteiger partial charge on any atom is -0.479 e. The number of hydrogen-bond donors (Lipinski definition) is 7. The number of rotatable bonds is 3. The Hall–Kier alpha value is -1.03. The normalized spacial score (nSPS) is 14.5. The number of aliphatic carboxylic acids is 2. The van der Waals surface area contributed by atoms with Crippen molar-refractivity contribution in [3.63, 3.8) is 0 Å². The van der Waals surface area contributed by atoms with E-state index in [1.165, 1.54) is 0 Å². The van der Waals surface area contributed by atoms with Crippen LogP contribution in [0.3, 0.4) is 0 Å². The summed E-state index contributed by atoms with van der Waals surface area (Å²) in [5, 5.41) is 32.5. The van der Waals surface area contributed by atoms with Gasteiger partial charge in [0.05, 0.1) is 0 Å². The van der Waals surface area contributed by atoms with Crippen molar-refractivity contribution in [2.24, 2.45) is 0 Å². The molecule has 0 spiro atoms. The molecule has 2 unspecified atom stereocenters. The SMILES string of the molecule is O=C(O)C(O)C(O)C(=O)O.O=P(O)(O)O.[H+]. The maximum atomic E-state index is 9.77. The third-order valence-electron chi connectivity index (χ3n) is 0.805. The smallest absolute Gasteiger partial charge is 0.479 e. The quantitative estimate of drug-likeness (QED) is 0.254. The lowest BCUT2D eigenvalue weighted by molar-refractivity contribution is -0.165. The molecule has 90 valence electrons. The molecule has 0 heterocycles. The molecular weight excluding hydrogens is 239 g/mol. The molecule has 7 N–H and O–H groups in total. The van der Waals surface area contributed by atoms with Crippen LogP contribution < -0.4 is 0 Å². The van der Waals surface area contributed by atoms with E-state index in [9.17, 15) is 9.59 Å². The largest absolute Gasteiger partial charge is 1.00 e. The molecule has 0 saturated carbocycles. The molecule has 0 aromatic carbocycles. The first-order chi connectivity index (χ1) is 6.46. The van der Waals surface area contributed by atoms with Gasteiger partial charge >= 0.3 is 21.2 Å². The van der Waals surface area contributed by atoms with Gasteiger partial charge in [-0.25, -0.2) is 14.2 Å². The van der Waals surface area contributed by atoms with Crippen LogP contribution in [0, 0.1) is 0 Å². The molecule has 15 heavy (non-hydrogen) atoms. The van der Waals surface area contributed by atoms with Gasteiger partial charge in [0.15, 0.2) is 12.2 Å². The van der Waals surface area contributed by atoms with E-state index in [0.29, 0.717) is 0 Å². The average molecular weight is 249 g/mol. The number of hydrogen-bond acceptors (Lipinski definition) is 5. The number of phosphoric acid groups is 1. The fraction of sp³-hybridized carbons (Fsp3) is 0.500. The van der Waals surface area contributed by atoms with E-state index in [0.717, 1.165) is 0 Å². The third-order valence-corrected chi connectivity index (χ3v) is 0.805. The third kappa shape index (κ3) is 13.0. The molecule has 0 radical (unpaired) electrons. The first kappa shape index (κ1) is 16.4. The van der Waals surface area contributed by atoms with E-state index in [-0.39, 0.29) is 1.43 Å². The molecule has 0 aliphatic carbocycles. The topological polar surface area (TPSA) is 193 Å². The van der Waals surface area contributed by atoms with Crippen LogP contribution in [0.2, 0.25) is 0 Å². The number of carbonyl (C=O) groups is 2. The fourth-order valence-electron chi connectivity index (χ4n) is 0.270. The van der Waals surface area contributed by atoms with Gasteiger partial charge in [0, 0.05) is 0 Å². The first-order valence-electron chi connectivity index (χ1n) is 3.07. The van der Waals surface area contributed by atoms with Crippen molar-refractivity contribution in [3.05, 3.63) is 0 Å². The van der Waals surface area contributed by atoms with Gasteiger partial charge in [-0.2, -0.15) is 0 Å². The zero-order chi connectivity index (χ0) is 12.8. The van der Waals surface area contributed by atoms with Gasteiger partial charge < -0.3 is 35.1 Å². The van der Waals surface area contributed by atoms with Gasteiger partial charge in [-0.05, 0) is 0 Å². The van der Waals surface area contributed by atoms with E-state index in [1.807, 2.05) is 0 Å². The lowest BCUT2D eigenvalue weighted by Crippen LogP contribution is -2.39. The Morgan fingerprint density at radius 3 is 1.13 bits per heavy atom. The highest BCUT2D eigenvalue weighted by molar-refractivity contribution is 7.45. The van der Waals surface area contributed by atoms with Gasteiger partial charge in [0.2, 0.25) is 0 Å². The first-order valence-corrected chi connectivity index (χ1v) is 4.63. The Morgan fingerprint density at radius 1 is 0.933 bits per heavy atom. The molecule has 0 amide bonds. The van der Waals surface area contributed by atoms with Crippen molar-refractivity contribution in [1.29, 1.82) is 0 Å². The minimum atomic E-state index is -4.64. The Kier molecular flexibility index (Phi) is 7.06. The number of carboxylic acid groups (broad SMARTS) is 2. The Morgan fingerprint density at radius 2 is 1.07 bits per heavy atom. The molecule has 0 aromatic heterocycles. The summed E-state index contributed by atoms with van der Waals surface area (Å²) in [5.74, 6) is -3.54. The van der Waals surface area contributed by atoms with Crippen LogP contribution in [0.15, 0.2) is 0 Å². The van der Waals surface area contributed by atoms with Crippen molar-refractivity contribution in [2.45, 2.75) is 12.2 Å². The highest BCUT2D eigenvalue weighted by Crippen LogP contribution is 2.25. The molecule has 11 heteroatoms. The second kappa shape index (κ2) is 6.45. The molecule has 0 aliphatic rings. The minimum absolute atomic E-state index is 0. The Labute approximate surface area is 83.8 Å². The molecule has 0 bridgehead atoms. The molecule has 0 aliphatic heterocycles. The molecule has 0 aromatic rings. The van der Waals surface area contributed by atoms with Crippen LogP contribution in [0.25, 0.3) is 0 Å². The van der Waals surface area contributed by atoms with E-state index in [1.54, 1.807) is 0 Å². The summed E-state index contributed by atoms with van der Waals surface area (Å²) < 4.78 is 8.88. The maximum absolute atomic E-state index is 9.77. The molecule has 0 rings (SSSR count). The standard InChI is InChI=1S/C4H6O6.H3O4P/c5-1(3(7)8)2(6)4(9)10;1-5(2,3)4/h1-2,5-6H,(H,7,8)(H,9,10);(H3,1,2,3,4)/p+1. The average Bonchev–Trinajstić information content (AvgIpc) is 1.98. The van der Waals surface area contributed by atoms with E-state index in [4.69, 9.17) is 39.7 Å². The lowest BCUT2D eigenvalue weighted by atomic mass is 10.2. The monoisotopic (exact) mass is 249 g/mol. The van der Waals surface area contributed by atoms with Crippen molar-refractivity contribution < 1.29 is 50.7 Å². The van der Waals surface area contributed by atoms with Gasteiger partial charge in [0.1, 0.15) is 0 Å². The Bertz CT molecular complexity index is 246. The predicted molar refractivity (Wildman–Crippen MR) is 42.7 cm³/mol. The summed E-state index contributed by atoms with van der Waals surface area (Å²) in [7, 11) is -4.64. The molecule has 0 fully saturated rings. The van der Waals surface area contributed by atoms with Crippen molar-refractivity contribution in [2.75, 3.05) is 0 Å². The van der Waals surface area contributed by atoms with Gasteiger partial charge in [0.25, 0.3) is 0 Å². The molecule has 2 atom stereocenters. The van der Waals surface area contributed by atoms with Crippen LogP contribution in [0.4, 0.5) is 0 Å². The summed E-state index contributed by atoms with van der Waals surface area (Å²) in [4.78, 5) is 41.1. The van der Waals surface area contributed by atoms with Crippen molar-refractivity contribution in [1.82, 2.24) is 0 Å². The predicted octanol–water partition coefficient (Wildman–Crippen LogP) is -2.94. The highest BCUT2D eigenvalue weighted by Gasteiger charge is 2.29. The summed E-state index contributed by atoms with van der Waals surface area (Å²) in [6.07, 6.45) is -4.53. The number of aliphatic hydroxyl groups excluding tert-OH is 2. The lowest BCUT2D eigenvalue weighted by Gasteiger charge is -2.07. The van der Waals surface area contributed by atoms with Crippen LogP contribution in [-0.4, -0.2) is 59.3 Å². The maximum Gasteiger partial charge on any atom is 1.00 e. The molecule has 10 nitrogen and oxygen atoms in total. The highest BCUT2D eigenvalue weighted by atomic mass is 31.2. The van der Waals surface area contributed by atoms with Crippen LogP contribution in [0.1, 0.15) is 1.43 Å². The summed E-state index contributed by atoms with van der Waals surface area (Å²) in [5.41, 5.74) is 0. The summed E-state index contributed by atoms with van der Waals surface area (Å²) in [6.45, 7) is 0. The molecular formula is C4H10O10P+. The van der Waals surface area contributed by atoms with E-state index >= 15 is 0 Å². The Balaban J connectivity index is -0.000000242. The second-order valence-electron chi connectivity index (χ2n) is 2.08. The summed E-state index contributed by atoms with van der Waals surface area (Å²) >= 11 is 0. The zero-order valence-electron chi connectivity index (χ0n) is 7.96. The van der Waals surface area contributed by atoms with Crippen molar-refractivity contribution in [3.8, 4) is 0 Å². The fourth-order valence-corrected chi connectivity index (χ4v) is 0.270. The van der Waals surface area contributed by atoms with Gasteiger partial charge in [-0.3, -0.25) is 0 Å².